The van der Waals surface area contributed by atoms with Gasteiger partial charge in [-0.15, -0.1) is 0 Å². The van der Waals surface area contributed by atoms with Gasteiger partial charge in [-0.05, 0) is 37.6 Å². The fraction of sp³-hybridized carbons (Fsp3) is 0.385. The highest BCUT2D eigenvalue weighted by Crippen LogP contribution is 2.20. The normalized spacial score (nSPS) is 18.9. The quantitative estimate of drug-likeness (QED) is 0.795. The van der Waals surface area contributed by atoms with E-state index in [0.717, 1.165) is 25.8 Å². The summed E-state index contributed by atoms with van der Waals surface area (Å²) in [6.07, 6.45) is 2.93. The molecule has 2 rings (SSSR count). The Morgan fingerprint density at radius 3 is 2.74 bits per heavy atom. The van der Waals surface area contributed by atoms with Gasteiger partial charge in [0.1, 0.15) is 0 Å². The van der Waals surface area contributed by atoms with E-state index in [-0.39, 0.29) is 17.5 Å². The average Bonchev–Trinajstić information content (AvgIpc) is 2.39. The molecular formula is C13H15BrN2O3. The third-order valence-corrected chi connectivity index (χ3v) is 3.50. The number of anilines is 1. The number of carboxylic acids is 1. The van der Waals surface area contributed by atoms with Crippen LogP contribution in [0.15, 0.2) is 22.7 Å². The van der Waals surface area contributed by atoms with Crippen LogP contribution in [0.4, 0.5) is 5.69 Å². The van der Waals surface area contributed by atoms with Crippen LogP contribution in [0.5, 0.6) is 0 Å². The minimum absolute atomic E-state index is 0.117. The van der Waals surface area contributed by atoms with Crippen molar-refractivity contribution in [2.75, 3.05) is 11.9 Å². The molecule has 1 aromatic rings. The van der Waals surface area contributed by atoms with Gasteiger partial charge in [-0.25, -0.2) is 4.79 Å². The first-order valence-corrected chi connectivity index (χ1v) is 6.94. The number of carbonyl (C=O) groups is 2. The summed E-state index contributed by atoms with van der Waals surface area (Å²) in [7, 11) is 0. The number of nitrogens with one attached hydrogen (secondary N) is 2. The molecule has 0 bridgehead atoms. The lowest BCUT2D eigenvalue weighted by Crippen LogP contribution is -2.43. The molecule has 0 spiro atoms. The highest BCUT2D eigenvalue weighted by atomic mass is 79.9. The first-order chi connectivity index (χ1) is 9.06. The molecule has 0 aromatic heterocycles. The van der Waals surface area contributed by atoms with E-state index >= 15 is 0 Å². The lowest BCUT2D eigenvalue weighted by Gasteiger charge is -2.22. The molecule has 1 aliphatic heterocycles. The van der Waals surface area contributed by atoms with Crippen LogP contribution in [0.2, 0.25) is 0 Å². The van der Waals surface area contributed by atoms with Gasteiger partial charge in [-0.3, -0.25) is 4.79 Å². The van der Waals surface area contributed by atoms with Crippen molar-refractivity contribution in [2.24, 2.45) is 0 Å². The molecule has 0 radical (unpaired) electrons. The van der Waals surface area contributed by atoms with E-state index in [4.69, 9.17) is 5.11 Å². The van der Waals surface area contributed by atoms with Gasteiger partial charge in [0.15, 0.2) is 0 Å². The van der Waals surface area contributed by atoms with Crippen LogP contribution >= 0.6 is 15.9 Å². The number of halogens is 1. The number of hydrogen-bond donors (Lipinski definition) is 3. The molecule has 5 nitrogen and oxygen atoms in total. The van der Waals surface area contributed by atoms with Crippen molar-refractivity contribution in [1.29, 1.82) is 0 Å². The van der Waals surface area contributed by atoms with Crippen molar-refractivity contribution in [1.82, 2.24) is 5.32 Å². The Hall–Kier alpha value is -1.40. The maximum Gasteiger partial charge on any atom is 0.335 e. The lowest BCUT2D eigenvalue weighted by molar-refractivity contribution is -0.118. The number of amides is 1. The Kier molecular flexibility index (Phi) is 4.55. The van der Waals surface area contributed by atoms with Crippen molar-refractivity contribution in [2.45, 2.75) is 25.3 Å². The summed E-state index contributed by atoms with van der Waals surface area (Å²) in [5.74, 6) is -1.14. The molecule has 102 valence electrons. The first-order valence-electron chi connectivity index (χ1n) is 6.14. The molecule has 0 aliphatic carbocycles. The smallest absolute Gasteiger partial charge is 0.335 e. The first kappa shape index (κ1) is 14.0. The number of benzene rings is 1. The average molecular weight is 327 g/mol. The van der Waals surface area contributed by atoms with Gasteiger partial charge in [0.25, 0.3) is 0 Å². The Balaban J connectivity index is 2.09. The van der Waals surface area contributed by atoms with E-state index in [9.17, 15) is 9.59 Å². The van der Waals surface area contributed by atoms with Gasteiger partial charge in [-0.2, -0.15) is 0 Å². The Morgan fingerprint density at radius 2 is 2.11 bits per heavy atom. The van der Waals surface area contributed by atoms with Gasteiger partial charge in [-0.1, -0.05) is 22.4 Å². The second-order valence-electron chi connectivity index (χ2n) is 4.53. The fourth-order valence-electron chi connectivity index (χ4n) is 2.09. The van der Waals surface area contributed by atoms with Gasteiger partial charge in [0.05, 0.1) is 11.6 Å². The van der Waals surface area contributed by atoms with Crippen molar-refractivity contribution >= 4 is 33.5 Å². The Bertz CT molecular complexity index is 499. The predicted octanol–water partition coefficient (Wildman–Crippen LogP) is 2.23. The van der Waals surface area contributed by atoms with E-state index in [0.29, 0.717) is 10.2 Å². The number of hydrogen-bond acceptors (Lipinski definition) is 3. The topological polar surface area (TPSA) is 78.4 Å². The van der Waals surface area contributed by atoms with Gasteiger partial charge < -0.3 is 15.7 Å². The number of piperidine rings is 1. The molecule has 1 fully saturated rings. The van der Waals surface area contributed by atoms with E-state index in [1.54, 1.807) is 6.07 Å². The number of carbonyl (C=O) groups excluding carboxylic acids is 1. The molecule has 0 unspecified atom stereocenters. The monoisotopic (exact) mass is 326 g/mol. The highest BCUT2D eigenvalue weighted by molar-refractivity contribution is 9.10. The molecule has 19 heavy (non-hydrogen) atoms. The predicted molar refractivity (Wildman–Crippen MR) is 75.4 cm³/mol. The zero-order valence-corrected chi connectivity index (χ0v) is 11.9. The van der Waals surface area contributed by atoms with E-state index < -0.39 is 5.97 Å². The van der Waals surface area contributed by atoms with Gasteiger partial charge in [0.2, 0.25) is 5.91 Å². The maximum atomic E-state index is 12.0. The number of carboxylic acid groups (broad SMARTS) is 1. The Labute approximate surface area is 119 Å². The summed E-state index contributed by atoms with van der Waals surface area (Å²) in [5, 5.41) is 14.9. The molecule has 6 heteroatoms. The second kappa shape index (κ2) is 6.16. The van der Waals surface area contributed by atoms with E-state index in [1.165, 1.54) is 12.1 Å². The summed E-state index contributed by atoms with van der Waals surface area (Å²) in [6.45, 7) is 0.844. The molecule has 3 N–H and O–H groups in total. The van der Waals surface area contributed by atoms with Crippen LogP contribution < -0.4 is 10.6 Å². The van der Waals surface area contributed by atoms with Crippen molar-refractivity contribution in [3.05, 3.63) is 28.2 Å². The standard InChI is InChI=1S/C13H15BrN2O3/c14-9-5-8(13(18)19)6-10(7-9)16-12(17)11-3-1-2-4-15-11/h5-7,11,15H,1-4H2,(H,16,17)(H,18,19)/t11-/m0/s1. The highest BCUT2D eigenvalue weighted by Gasteiger charge is 2.20. The summed E-state index contributed by atoms with van der Waals surface area (Å²) in [6, 6.07) is 4.44. The molecule has 1 amide bonds. The maximum absolute atomic E-state index is 12.0. The Morgan fingerprint density at radius 1 is 1.32 bits per heavy atom. The minimum Gasteiger partial charge on any atom is -0.478 e. The minimum atomic E-state index is -1.02. The lowest BCUT2D eigenvalue weighted by atomic mass is 10.0. The van der Waals surface area contributed by atoms with Crippen molar-refractivity contribution in [3.8, 4) is 0 Å². The zero-order chi connectivity index (χ0) is 13.8. The fourth-order valence-corrected chi connectivity index (χ4v) is 2.58. The molecule has 0 saturated carbocycles. The van der Waals surface area contributed by atoms with Gasteiger partial charge >= 0.3 is 5.97 Å². The second-order valence-corrected chi connectivity index (χ2v) is 5.44. The molecule has 1 heterocycles. The number of aromatic carboxylic acids is 1. The SMILES string of the molecule is O=C(O)c1cc(Br)cc(NC(=O)[C@@H]2CCCCN2)c1. The van der Waals surface area contributed by atoms with Crippen LogP contribution in [0.25, 0.3) is 0 Å². The summed E-state index contributed by atoms with van der Waals surface area (Å²) >= 11 is 3.24. The van der Waals surface area contributed by atoms with E-state index in [1.807, 2.05) is 0 Å². The summed E-state index contributed by atoms with van der Waals surface area (Å²) in [4.78, 5) is 23.0. The summed E-state index contributed by atoms with van der Waals surface area (Å²) in [5.41, 5.74) is 0.630. The molecule has 1 aromatic carbocycles. The molecular weight excluding hydrogens is 312 g/mol. The molecule has 1 aliphatic rings. The van der Waals surface area contributed by atoms with Crippen LogP contribution in [-0.2, 0) is 4.79 Å². The van der Waals surface area contributed by atoms with Crippen molar-refractivity contribution in [3.63, 3.8) is 0 Å². The molecule has 1 saturated heterocycles. The van der Waals surface area contributed by atoms with Crippen molar-refractivity contribution < 1.29 is 14.7 Å². The zero-order valence-electron chi connectivity index (χ0n) is 10.3. The third-order valence-electron chi connectivity index (χ3n) is 3.04. The van der Waals surface area contributed by atoms with Crippen LogP contribution in [0.1, 0.15) is 29.6 Å². The van der Waals surface area contributed by atoms with Crippen LogP contribution in [0, 0.1) is 0 Å². The van der Waals surface area contributed by atoms with Crippen LogP contribution in [0.3, 0.4) is 0 Å². The van der Waals surface area contributed by atoms with Gasteiger partial charge in [0, 0.05) is 10.2 Å². The van der Waals surface area contributed by atoms with Crippen LogP contribution in [-0.4, -0.2) is 29.6 Å². The molecule has 1 atom stereocenters. The number of rotatable bonds is 3. The largest absolute Gasteiger partial charge is 0.478 e. The van der Waals surface area contributed by atoms with E-state index in [2.05, 4.69) is 26.6 Å². The summed E-state index contributed by atoms with van der Waals surface area (Å²) < 4.78 is 0.624. The third kappa shape index (κ3) is 3.78.